The Morgan fingerprint density at radius 1 is 1.42 bits per heavy atom. The third-order valence-electron chi connectivity index (χ3n) is 3.79. The summed E-state index contributed by atoms with van der Waals surface area (Å²) in [6, 6.07) is 7.78. The Morgan fingerprint density at radius 2 is 2.21 bits per heavy atom. The number of para-hydroxylation sites is 2. The van der Waals surface area contributed by atoms with Crippen LogP contribution in [0.25, 0.3) is 21.7 Å². The van der Waals surface area contributed by atoms with Crippen LogP contribution in [0.3, 0.4) is 0 Å². The van der Waals surface area contributed by atoms with Crippen molar-refractivity contribution in [2.75, 3.05) is 6.54 Å². The zero-order chi connectivity index (χ0) is 17.1. The number of nitrogens with one attached hydrogen (secondary N) is 1. The Kier molecular flexibility index (Phi) is 4.92. The van der Waals surface area contributed by atoms with Crippen molar-refractivity contribution in [3.63, 3.8) is 0 Å². The van der Waals surface area contributed by atoms with Crippen LogP contribution in [0.15, 0.2) is 29.8 Å². The van der Waals surface area contributed by atoms with Crippen LogP contribution in [0.4, 0.5) is 0 Å². The van der Waals surface area contributed by atoms with Crippen LogP contribution in [-0.2, 0) is 11.3 Å². The number of hydrogen-bond acceptors (Lipinski definition) is 5. The summed E-state index contributed by atoms with van der Waals surface area (Å²) in [5.74, 6) is 0.670. The van der Waals surface area contributed by atoms with Crippen molar-refractivity contribution in [1.82, 2.24) is 19.9 Å². The van der Waals surface area contributed by atoms with Gasteiger partial charge in [0, 0.05) is 6.54 Å². The lowest BCUT2D eigenvalue weighted by molar-refractivity contribution is -0.121. The largest absolute Gasteiger partial charge is 0.393 e. The predicted octanol–water partition coefficient (Wildman–Crippen LogP) is 2.36. The molecule has 0 aliphatic carbocycles. The molecule has 7 heteroatoms. The topological polar surface area (TPSA) is 80.0 Å². The smallest absolute Gasteiger partial charge is 0.240 e. The van der Waals surface area contributed by atoms with Crippen LogP contribution < -0.4 is 5.32 Å². The van der Waals surface area contributed by atoms with Gasteiger partial charge in [-0.25, -0.2) is 9.97 Å². The first-order valence-corrected chi connectivity index (χ1v) is 8.74. The first-order valence-electron chi connectivity index (χ1n) is 7.86. The normalized spacial score (nSPS) is 12.5. The van der Waals surface area contributed by atoms with E-state index in [1.807, 2.05) is 35.8 Å². The van der Waals surface area contributed by atoms with E-state index in [9.17, 15) is 9.90 Å². The molecule has 126 valence electrons. The van der Waals surface area contributed by atoms with Gasteiger partial charge in [-0.3, -0.25) is 4.79 Å². The summed E-state index contributed by atoms with van der Waals surface area (Å²) in [6.07, 6.45) is 0.117. The molecule has 2 aromatic heterocycles. The van der Waals surface area contributed by atoms with Gasteiger partial charge in [-0.2, -0.15) is 0 Å². The quantitative estimate of drug-likeness (QED) is 0.719. The number of aliphatic hydroxyl groups is 1. The molecule has 0 aliphatic heterocycles. The van der Waals surface area contributed by atoms with E-state index in [1.165, 1.54) is 11.3 Å². The molecule has 6 nitrogen and oxygen atoms in total. The lowest BCUT2D eigenvalue weighted by Gasteiger charge is -2.10. The lowest BCUT2D eigenvalue weighted by Crippen LogP contribution is -2.30. The van der Waals surface area contributed by atoms with E-state index in [-0.39, 0.29) is 12.5 Å². The summed E-state index contributed by atoms with van der Waals surface area (Å²) < 4.78 is 1.92. The van der Waals surface area contributed by atoms with Crippen LogP contribution in [-0.4, -0.2) is 38.2 Å². The molecule has 0 bridgehead atoms. The van der Waals surface area contributed by atoms with Crippen molar-refractivity contribution in [2.45, 2.75) is 32.9 Å². The highest BCUT2D eigenvalue weighted by Crippen LogP contribution is 2.29. The predicted molar refractivity (Wildman–Crippen MR) is 94.9 cm³/mol. The maximum atomic E-state index is 12.3. The number of aryl methyl sites for hydroxylation is 1. The Labute approximate surface area is 144 Å². The molecule has 1 unspecified atom stereocenters. The van der Waals surface area contributed by atoms with Gasteiger partial charge >= 0.3 is 0 Å². The Balaban J connectivity index is 1.91. The van der Waals surface area contributed by atoms with Crippen molar-refractivity contribution in [2.24, 2.45) is 0 Å². The van der Waals surface area contributed by atoms with Crippen LogP contribution in [0, 0.1) is 6.92 Å². The van der Waals surface area contributed by atoms with Crippen LogP contribution in [0.1, 0.15) is 19.0 Å². The minimum Gasteiger partial charge on any atom is -0.393 e. The highest BCUT2D eigenvalue weighted by molar-refractivity contribution is 7.13. The molecule has 1 aromatic carbocycles. The molecule has 3 aromatic rings. The summed E-state index contributed by atoms with van der Waals surface area (Å²) in [7, 11) is 0. The fraction of sp³-hybridized carbons (Fsp3) is 0.353. The maximum absolute atomic E-state index is 12.3. The number of carbonyl (C=O) groups is 1. The number of aliphatic hydroxyl groups excluding tert-OH is 1. The van der Waals surface area contributed by atoms with Crippen molar-refractivity contribution in [3.8, 4) is 10.7 Å². The van der Waals surface area contributed by atoms with Crippen LogP contribution in [0.5, 0.6) is 0 Å². The summed E-state index contributed by atoms with van der Waals surface area (Å²) in [4.78, 5) is 22.2. The van der Waals surface area contributed by atoms with Crippen molar-refractivity contribution in [1.29, 1.82) is 0 Å². The van der Waals surface area contributed by atoms with Gasteiger partial charge in [0.1, 0.15) is 6.54 Å². The SMILES string of the molecule is Cc1ncsc1-c1nc2ccccc2n1CC(=O)NCCC(C)O. The molecule has 1 amide bonds. The molecule has 2 heterocycles. The van der Waals surface area contributed by atoms with Gasteiger partial charge in [-0.05, 0) is 32.4 Å². The van der Waals surface area contributed by atoms with Gasteiger partial charge in [0.05, 0.1) is 33.2 Å². The molecular formula is C17H20N4O2S. The molecule has 0 saturated heterocycles. The number of aromatic nitrogens is 3. The molecule has 0 aliphatic rings. The Morgan fingerprint density at radius 3 is 2.92 bits per heavy atom. The maximum Gasteiger partial charge on any atom is 0.240 e. The standard InChI is InChI=1S/C17H20N4O2S/c1-11(22)7-8-18-15(23)9-21-14-6-4-3-5-13(14)20-17(21)16-12(2)19-10-24-16/h3-6,10-11,22H,7-9H2,1-2H3,(H,18,23). The average molecular weight is 344 g/mol. The summed E-state index contributed by atoms with van der Waals surface area (Å²) >= 11 is 1.52. The van der Waals surface area contributed by atoms with Gasteiger partial charge in [0.15, 0.2) is 5.82 Å². The molecule has 0 saturated carbocycles. The van der Waals surface area contributed by atoms with Crippen molar-refractivity contribution >= 4 is 28.3 Å². The number of carbonyl (C=O) groups excluding carboxylic acids is 1. The van der Waals surface area contributed by atoms with Crippen molar-refractivity contribution < 1.29 is 9.90 Å². The number of thiazole rings is 1. The molecule has 0 radical (unpaired) electrons. The first-order chi connectivity index (χ1) is 11.6. The number of nitrogens with zero attached hydrogens (tertiary/aromatic N) is 3. The number of imidazole rings is 1. The second kappa shape index (κ2) is 7.11. The Hall–Kier alpha value is -2.25. The molecule has 24 heavy (non-hydrogen) atoms. The highest BCUT2D eigenvalue weighted by atomic mass is 32.1. The van der Waals surface area contributed by atoms with Gasteiger partial charge < -0.3 is 15.0 Å². The minimum atomic E-state index is -0.422. The van der Waals surface area contributed by atoms with Crippen LogP contribution >= 0.6 is 11.3 Å². The van der Waals surface area contributed by atoms with E-state index in [4.69, 9.17) is 4.98 Å². The number of hydrogen-bond donors (Lipinski definition) is 2. The monoisotopic (exact) mass is 344 g/mol. The van der Waals surface area contributed by atoms with Gasteiger partial charge in [0.25, 0.3) is 0 Å². The van der Waals surface area contributed by atoms with E-state index >= 15 is 0 Å². The highest BCUT2D eigenvalue weighted by Gasteiger charge is 2.17. The fourth-order valence-corrected chi connectivity index (χ4v) is 3.35. The van der Waals surface area contributed by atoms with E-state index in [1.54, 1.807) is 12.4 Å². The average Bonchev–Trinajstić information content (AvgIpc) is 3.11. The van der Waals surface area contributed by atoms with Crippen molar-refractivity contribution in [3.05, 3.63) is 35.5 Å². The number of fused-ring (bicyclic) bond motifs is 1. The van der Waals surface area contributed by atoms with E-state index in [0.29, 0.717) is 13.0 Å². The molecule has 0 fully saturated rings. The second-order valence-electron chi connectivity index (χ2n) is 5.76. The number of benzene rings is 1. The number of rotatable bonds is 6. The third kappa shape index (κ3) is 3.47. The molecule has 3 rings (SSSR count). The first kappa shape index (κ1) is 16.6. The molecule has 0 spiro atoms. The fourth-order valence-electron chi connectivity index (χ4n) is 2.55. The van der Waals surface area contributed by atoms with E-state index < -0.39 is 6.10 Å². The zero-order valence-electron chi connectivity index (χ0n) is 13.7. The van der Waals surface area contributed by atoms with E-state index in [0.717, 1.165) is 27.4 Å². The second-order valence-corrected chi connectivity index (χ2v) is 6.62. The van der Waals surface area contributed by atoms with E-state index in [2.05, 4.69) is 10.3 Å². The van der Waals surface area contributed by atoms with Gasteiger partial charge in [-0.1, -0.05) is 12.1 Å². The molecular weight excluding hydrogens is 324 g/mol. The summed E-state index contributed by atoms with van der Waals surface area (Å²) in [5.41, 5.74) is 4.48. The summed E-state index contributed by atoms with van der Waals surface area (Å²) in [5, 5.41) is 12.1. The lowest BCUT2D eigenvalue weighted by atomic mass is 10.3. The zero-order valence-corrected chi connectivity index (χ0v) is 14.5. The summed E-state index contributed by atoms with van der Waals surface area (Å²) in [6.45, 7) is 4.30. The third-order valence-corrected chi connectivity index (χ3v) is 4.71. The molecule has 1 atom stereocenters. The van der Waals surface area contributed by atoms with Crippen LogP contribution in [0.2, 0.25) is 0 Å². The van der Waals surface area contributed by atoms with Gasteiger partial charge in [-0.15, -0.1) is 11.3 Å². The molecule has 2 N–H and O–H groups in total. The number of amides is 1. The van der Waals surface area contributed by atoms with Gasteiger partial charge in [0.2, 0.25) is 5.91 Å². The minimum absolute atomic E-state index is 0.0952. The Bertz CT molecular complexity index is 853.